The molecule has 0 amide bonds. The van der Waals surface area contributed by atoms with E-state index in [1.54, 1.807) is 26.2 Å². The first-order valence-electron chi connectivity index (χ1n) is 7.19. The van der Waals surface area contributed by atoms with Crippen LogP contribution in [0, 0.1) is 5.92 Å². The summed E-state index contributed by atoms with van der Waals surface area (Å²) in [6.07, 6.45) is 0.370. The average molecular weight is 327 g/mol. The number of aliphatic carboxylic acids is 1. The Hall–Kier alpha value is -1.40. The van der Waals surface area contributed by atoms with Gasteiger partial charge in [-0.2, -0.15) is 0 Å². The lowest BCUT2D eigenvalue weighted by atomic mass is 9.94. The standard InChI is InChI=1S/C16H25NO4S/c1-11(17-22(20)16(2,3)4)14(15(18)19)10-12-6-8-13(21-5)9-7-12/h6-9,11,14,17H,10H2,1-5H3,(H,18,19)/t11-,14+,22?/m1/s1. The number of carboxylic acids is 1. The molecule has 0 spiro atoms. The van der Waals surface area contributed by atoms with Gasteiger partial charge in [-0.15, -0.1) is 0 Å². The van der Waals surface area contributed by atoms with Crippen molar-refractivity contribution in [1.82, 2.24) is 4.72 Å². The van der Waals surface area contributed by atoms with Crippen LogP contribution in [0.1, 0.15) is 33.3 Å². The minimum absolute atomic E-state index is 0.370. The zero-order valence-electron chi connectivity index (χ0n) is 13.8. The Morgan fingerprint density at radius 3 is 2.27 bits per heavy atom. The van der Waals surface area contributed by atoms with Crippen molar-refractivity contribution < 1.29 is 18.8 Å². The lowest BCUT2D eigenvalue weighted by Gasteiger charge is -2.25. The number of rotatable bonds is 7. The molecule has 0 bridgehead atoms. The Morgan fingerprint density at radius 1 is 1.32 bits per heavy atom. The van der Waals surface area contributed by atoms with Gasteiger partial charge in [0.15, 0.2) is 0 Å². The number of hydrogen-bond donors (Lipinski definition) is 2. The van der Waals surface area contributed by atoms with Crippen LogP contribution in [0.5, 0.6) is 5.75 Å². The monoisotopic (exact) mass is 327 g/mol. The van der Waals surface area contributed by atoms with Gasteiger partial charge in [0, 0.05) is 6.04 Å². The Morgan fingerprint density at radius 2 is 1.86 bits per heavy atom. The van der Waals surface area contributed by atoms with E-state index in [2.05, 4.69) is 4.72 Å². The van der Waals surface area contributed by atoms with Gasteiger partial charge in [-0.3, -0.25) is 4.79 Å². The van der Waals surface area contributed by atoms with Gasteiger partial charge < -0.3 is 9.84 Å². The number of hydrogen-bond acceptors (Lipinski definition) is 3. The summed E-state index contributed by atoms with van der Waals surface area (Å²) >= 11 is 0. The van der Waals surface area contributed by atoms with Crippen LogP contribution in [0.3, 0.4) is 0 Å². The first kappa shape index (κ1) is 18.6. The molecule has 0 radical (unpaired) electrons. The summed E-state index contributed by atoms with van der Waals surface area (Å²) in [5, 5.41) is 9.46. The summed E-state index contributed by atoms with van der Waals surface area (Å²) in [4.78, 5) is 11.5. The molecule has 0 saturated heterocycles. The molecule has 124 valence electrons. The molecule has 2 N–H and O–H groups in total. The van der Waals surface area contributed by atoms with E-state index in [1.807, 2.05) is 32.9 Å². The van der Waals surface area contributed by atoms with Gasteiger partial charge in [-0.05, 0) is 51.8 Å². The molecule has 1 unspecified atom stereocenters. The van der Waals surface area contributed by atoms with Crippen LogP contribution >= 0.6 is 0 Å². The molecule has 0 aliphatic heterocycles. The van der Waals surface area contributed by atoms with Crippen LogP contribution in [-0.2, 0) is 22.2 Å². The van der Waals surface area contributed by atoms with Gasteiger partial charge in [-0.25, -0.2) is 8.93 Å². The molecular formula is C16H25NO4S. The fraction of sp³-hybridized carbons (Fsp3) is 0.562. The lowest BCUT2D eigenvalue weighted by molar-refractivity contribution is -0.142. The highest BCUT2D eigenvalue weighted by Crippen LogP contribution is 2.18. The molecular weight excluding hydrogens is 302 g/mol. The first-order valence-corrected chi connectivity index (χ1v) is 8.34. The van der Waals surface area contributed by atoms with Crippen molar-refractivity contribution in [1.29, 1.82) is 0 Å². The van der Waals surface area contributed by atoms with Crippen LogP contribution in [0.4, 0.5) is 0 Å². The fourth-order valence-corrected chi connectivity index (χ4v) is 2.78. The predicted octanol–water partition coefficient (Wildman–Crippen LogP) is 2.38. The van der Waals surface area contributed by atoms with Gasteiger partial charge in [0.1, 0.15) is 5.75 Å². The molecule has 0 aromatic heterocycles. The SMILES string of the molecule is COc1ccc(C[C@H](C(=O)O)[C@@H](C)NS(=O)C(C)(C)C)cc1. The van der Waals surface area contributed by atoms with E-state index in [9.17, 15) is 14.1 Å². The minimum atomic E-state index is -1.30. The van der Waals surface area contributed by atoms with Crippen molar-refractivity contribution >= 4 is 17.0 Å². The van der Waals surface area contributed by atoms with E-state index in [0.717, 1.165) is 11.3 Å². The molecule has 0 aliphatic rings. The van der Waals surface area contributed by atoms with E-state index >= 15 is 0 Å². The van der Waals surface area contributed by atoms with E-state index in [4.69, 9.17) is 4.74 Å². The number of methoxy groups -OCH3 is 1. The molecule has 1 aromatic rings. The van der Waals surface area contributed by atoms with Gasteiger partial charge in [0.05, 0.1) is 28.8 Å². The lowest BCUT2D eigenvalue weighted by Crippen LogP contribution is -2.44. The second-order valence-corrected chi connectivity index (χ2v) is 8.28. The van der Waals surface area contributed by atoms with Crippen LogP contribution in [0.15, 0.2) is 24.3 Å². The zero-order chi connectivity index (χ0) is 16.9. The maximum absolute atomic E-state index is 12.1. The average Bonchev–Trinajstić information content (AvgIpc) is 2.43. The van der Waals surface area contributed by atoms with E-state index in [-0.39, 0.29) is 0 Å². The molecule has 1 aromatic carbocycles. The van der Waals surface area contributed by atoms with Gasteiger partial charge in [-0.1, -0.05) is 12.1 Å². The predicted molar refractivity (Wildman–Crippen MR) is 88.3 cm³/mol. The summed E-state index contributed by atoms with van der Waals surface area (Å²) in [6.45, 7) is 7.30. The van der Waals surface area contributed by atoms with E-state index in [0.29, 0.717) is 6.42 Å². The van der Waals surface area contributed by atoms with Gasteiger partial charge in [0.25, 0.3) is 0 Å². The molecule has 5 nitrogen and oxygen atoms in total. The van der Waals surface area contributed by atoms with Crippen LogP contribution < -0.4 is 9.46 Å². The Balaban J connectivity index is 2.80. The highest BCUT2D eigenvalue weighted by atomic mass is 32.2. The molecule has 1 rings (SSSR count). The van der Waals surface area contributed by atoms with Crippen molar-refractivity contribution in [2.45, 2.75) is 44.9 Å². The third-order valence-corrected chi connectivity index (χ3v) is 5.08. The van der Waals surface area contributed by atoms with Crippen molar-refractivity contribution in [3.8, 4) is 5.75 Å². The van der Waals surface area contributed by atoms with Crippen LogP contribution in [0.2, 0.25) is 0 Å². The highest BCUT2D eigenvalue weighted by Gasteiger charge is 2.29. The Bertz CT molecular complexity index is 522. The number of nitrogens with one attached hydrogen (secondary N) is 1. The second kappa shape index (κ2) is 7.74. The number of benzene rings is 1. The first-order chi connectivity index (χ1) is 10.1. The molecule has 0 aliphatic carbocycles. The molecule has 0 fully saturated rings. The number of ether oxygens (including phenoxy) is 1. The van der Waals surface area contributed by atoms with Crippen molar-refractivity contribution in [2.75, 3.05) is 7.11 Å². The zero-order valence-corrected chi connectivity index (χ0v) is 14.6. The molecule has 22 heavy (non-hydrogen) atoms. The second-order valence-electron chi connectivity index (χ2n) is 6.28. The number of carboxylic acid groups (broad SMARTS) is 1. The Labute approximate surface area is 134 Å². The molecule has 0 saturated carbocycles. The van der Waals surface area contributed by atoms with Crippen LogP contribution in [-0.4, -0.2) is 33.2 Å². The summed E-state index contributed by atoms with van der Waals surface area (Å²) in [6, 6.07) is 6.91. The van der Waals surface area contributed by atoms with E-state index in [1.165, 1.54) is 0 Å². The minimum Gasteiger partial charge on any atom is -0.497 e. The topological polar surface area (TPSA) is 75.6 Å². The maximum atomic E-state index is 12.1. The summed E-state index contributed by atoms with van der Waals surface area (Å²) in [7, 11) is 0.285. The fourth-order valence-electron chi connectivity index (χ4n) is 1.92. The molecule has 3 atom stereocenters. The van der Waals surface area contributed by atoms with Crippen molar-refractivity contribution in [3.05, 3.63) is 29.8 Å². The number of carbonyl (C=O) groups is 1. The maximum Gasteiger partial charge on any atom is 0.308 e. The molecule has 6 heteroatoms. The Kier molecular flexibility index (Phi) is 6.56. The third kappa shape index (κ3) is 5.42. The van der Waals surface area contributed by atoms with Gasteiger partial charge in [0.2, 0.25) is 0 Å². The largest absolute Gasteiger partial charge is 0.497 e. The van der Waals surface area contributed by atoms with Crippen molar-refractivity contribution in [3.63, 3.8) is 0 Å². The van der Waals surface area contributed by atoms with E-state index < -0.39 is 33.7 Å². The molecule has 0 heterocycles. The van der Waals surface area contributed by atoms with Crippen molar-refractivity contribution in [2.24, 2.45) is 5.92 Å². The third-order valence-electron chi connectivity index (χ3n) is 3.38. The van der Waals surface area contributed by atoms with Gasteiger partial charge >= 0.3 is 5.97 Å². The smallest absolute Gasteiger partial charge is 0.308 e. The van der Waals surface area contributed by atoms with Crippen LogP contribution in [0.25, 0.3) is 0 Å². The summed E-state index contributed by atoms with van der Waals surface area (Å²) in [5.41, 5.74) is 0.906. The summed E-state index contributed by atoms with van der Waals surface area (Å²) < 4.78 is 19.7. The normalized spacial score (nSPS) is 15.9. The highest BCUT2D eigenvalue weighted by molar-refractivity contribution is 7.84. The quantitative estimate of drug-likeness (QED) is 0.806. The summed E-state index contributed by atoms with van der Waals surface area (Å²) in [5.74, 6) is -0.822.